The van der Waals surface area contributed by atoms with Gasteiger partial charge < -0.3 is 9.84 Å². The zero-order chi connectivity index (χ0) is 25.9. The van der Waals surface area contributed by atoms with Crippen molar-refractivity contribution < 1.29 is 14.6 Å². The van der Waals surface area contributed by atoms with Gasteiger partial charge >= 0.3 is 0 Å². The van der Waals surface area contributed by atoms with Crippen LogP contribution in [-0.4, -0.2) is 42.0 Å². The second-order valence-electron chi connectivity index (χ2n) is 9.86. The van der Waals surface area contributed by atoms with Gasteiger partial charge in [-0.05, 0) is 98.9 Å². The van der Waals surface area contributed by atoms with Gasteiger partial charge in [-0.25, -0.2) is 0 Å². The average molecular weight is 534 g/mol. The molecule has 0 unspecified atom stereocenters. The van der Waals surface area contributed by atoms with E-state index in [0.29, 0.717) is 22.1 Å². The number of carbonyl (C=O) groups is 1. The fraction of sp³-hybridized carbons (Fsp3) is 0.323. The number of phenolic OH excluding ortho intramolecular Hbond substituents is 1. The van der Waals surface area contributed by atoms with Crippen LogP contribution in [0.5, 0.6) is 11.5 Å². The van der Waals surface area contributed by atoms with Crippen molar-refractivity contribution in [3.8, 4) is 22.6 Å². The zero-order valence-electron chi connectivity index (χ0n) is 21.4. The Morgan fingerprint density at radius 1 is 0.973 bits per heavy atom. The van der Waals surface area contributed by atoms with Crippen LogP contribution < -0.4 is 4.74 Å². The highest BCUT2D eigenvalue weighted by atomic mass is 35.5. The van der Waals surface area contributed by atoms with Gasteiger partial charge in [0.1, 0.15) is 18.1 Å². The first-order valence-electron chi connectivity index (χ1n) is 12.9. The van der Waals surface area contributed by atoms with E-state index >= 15 is 0 Å². The molecule has 0 saturated carbocycles. The van der Waals surface area contributed by atoms with Crippen molar-refractivity contribution in [2.45, 2.75) is 39.5 Å². The molecule has 5 rings (SSSR count). The molecule has 1 aromatic heterocycles. The first-order valence-corrected chi connectivity index (χ1v) is 14.1. The van der Waals surface area contributed by atoms with Crippen molar-refractivity contribution in [1.29, 1.82) is 0 Å². The maximum Gasteiger partial charge on any atom is 0.204 e. The van der Waals surface area contributed by atoms with Crippen molar-refractivity contribution in [3.05, 3.63) is 81.2 Å². The highest BCUT2D eigenvalue weighted by Crippen LogP contribution is 2.42. The number of hydrogen-bond acceptors (Lipinski definition) is 5. The summed E-state index contributed by atoms with van der Waals surface area (Å²) in [5, 5.41) is 11.7. The van der Waals surface area contributed by atoms with Gasteiger partial charge in [-0.1, -0.05) is 36.6 Å². The van der Waals surface area contributed by atoms with E-state index in [0.717, 1.165) is 57.7 Å². The standard InChI is InChI=1S/C31H32ClNO3S/c1-20-17-23(32)18-21(2)28(20)30(35)31-29(26-12-9-24(34)19-27(26)37-31)22-7-10-25(11-8-22)36-16-15-33-13-5-3-4-6-14-33/h7-12,17-19,34H,3-6,13-16H2,1-2H3. The van der Waals surface area contributed by atoms with Crippen LogP contribution in [0.1, 0.15) is 52.0 Å². The minimum absolute atomic E-state index is 0.0277. The summed E-state index contributed by atoms with van der Waals surface area (Å²) in [4.78, 5) is 17.1. The minimum Gasteiger partial charge on any atom is -0.508 e. The highest BCUT2D eigenvalue weighted by Gasteiger charge is 2.24. The molecule has 3 aromatic carbocycles. The summed E-state index contributed by atoms with van der Waals surface area (Å²) in [5.74, 6) is 0.986. The number of likely N-dealkylation sites (tertiary alicyclic amines) is 1. The van der Waals surface area contributed by atoms with Crippen molar-refractivity contribution in [2.24, 2.45) is 0 Å². The Hall–Kier alpha value is -2.86. The molecule has 2 heterocycles. The molecule has 1 fully saturated rings. The number of rotatable bonds is 7. The zero-order valence-corrected chi connectivity index (χ0v) is 22.9. The second kappa shape index (κ2) is 11.3. The quantitative estimate of drug-likeness (QED) is 0.244. The van der Waals surface area contributed by atoms with Gasteiger partial charge in [0, 0.05) is 32.8 Å². The number of thiophene rings is 1. The van der Waals surface area contributed by atoms with Crippen LogP contribution in [0.2, 0.25) is 5.02 Å². The van der Waals surface area contributed by atoms with Crippen LogP contribution in [0, 0.1) is 13.8 Å². The maximum absolute atomic E-state index is 13.9. The van der Waals surface area contributed by atoms with Crippen LogP contribution >= 0.6 is 22.9 Å². The van der Waals surface area contributed by atoms with Crippen LogP contribution in [0.25, 0.3) is 21.2 Å². The van der Waals surface area contributed by atoms with Crippen molar-refractivity contribution in [1.82, 2.24) is 4.90 Å². The summed E-state index contributed by atoms with van der Waals surface area (Å²) in [6.07, 6.45) is 5.21. The largest absolute Gasteiger partial charge is 0.508 e. The number of aryl methyl sites for hydroxylation is 2. The second-order valence-corrected chi connectivity index (χ2v) is 11.3. The van der Waals surface area contributed by atoms with Gasteiger partial charge in [0.25, 0.3) is 0 Å². The van der Waals surface area contributed by atoms with E-state index in [4.69, 9.17) is 16.3 Å². The number of nitrogens with zero attached hydrogens (tertiary/aromatic N) is 1. The Bertz CT molecular complexity index is 1400. The van der Waals surface area contributed by atoms with Crippen LogP contribution in [0.15, 0.2) is 54.6 Å². The number of ether oxygens (including phenoxy) is 1. The molecule has 0 amide bonds. The first-order chi connectivity index (χ1) is 17.9. The number of fused-ring (bicyclic) bond motifs is 1. The Kier molecular flexibility index (Phi) is 7.84. The van der Waals surface area contributed by atoms with Gasteiger partial charge in [-0.2, -0.15) is 0 Å². The Labute approximate surface area is 227 Å². The first kappa shape index (κ1) is 25.8. The summed E-state index contributed by atoms with van der Waals surface area (Å²) in [7, 11) is 0. The molecule has 0 radical (unpaired) electrons. The summed E-state index contributed by atoms with van der Waals surface area (Å²) in [6, 6.07) is 17.0. The van der Waals surface area contributed by atoms with Crippen LogP contribution in [0.3, 0.4) is 0 Å². The van der Waals surface area contributed by atoms with E-state index in [9.17, 15) is 9.90 Å². The normalized spacial score (nSPS) is 14.6. The SMILES string of the molecule is Cc1cc(Cl)cc(C)c1C(=O)c1sc2cc(O)ccc2c1-c1ccc(OCCN2CCCCCC2)cc1. The molecule has 192 valence electrons. The number of aromatic hydroxyl groups is 1. The fourth-order valence-electron chi connectivity index (χ4n) is 5.28. The lowest BCUT2D eigenvalue weighted by Gasteiger charge is -2.19. The van der Waals surface area contributed by atoms with Crippen molar-refractivity contribution in [3.63, 3.8) is 0 Å². The van der Waals surface area contributed by atoms with Crippen molar-refractivity contribution in [2.75, 3.05) is 26.2 Å². The fourth-order valence-corrected chi connectivity index (χ4v) is 6.82. The summed E-state index contributed by atoms with van der Waals surface area (Å²) in [6.45, 7) is 7.77. The molecule has 1 aliphatic heterocycles. The van der Waals surface area contributed by atoms with Crippen LogP contribution in [0.4, 0.5) is 0 Å². The maximum atomic E-state index is 13.9. The third-order valence-corrected chi connectivity index (χ3v) is 8.49. The third-order valence-electron chi connectivity index (χ3n) is 7.12. The topological polar surface area (TPSA) is 49.8 Å². The van der Waals surface area contributed by atoms with Gasteiger partial charge in [0.2, 0.25) is 5.78 Å². The number of hydrogen-bond donors (Lipinski definition) is 1. The molecule has 0 aliphatic carbocycles. The number of phenols is 1. The molecule has 0 atom stereocenters. The van der Waals surface area contributed by atoms with Gasteiger partial charge in [-0.3, -0.25) is 9.69 Å². The molecule has 0 bridgehead atoms. The molecule has 0 spiro atoms. The molecule has 1 aliphatic rings. The van der Waals surface area contributed by atoms with E-state index < -0.39 is 0 Å². The number of ketones is 1. The lowest BCUT2D eigenvalue weighted by Crippen LogP contribution is -2.29. The average Bonchev–Trinajstić information content (AvgIpc) is 3.03. The Morgan fingerprint density at radius 2 is 1.65 bits per heavy atom. The lowest BCUT2D eigenvalue weighted by molar-refractivity contribution is 0.104. The predicted molar refractivity (Wildman–Crippen MR) is 154 cm³/mol. The van der Waals surface area contributed by atoms with Crippen LogP contribution in [-0.2, 0) is 0 Å². The Morgan fingerprint density at radius 3 is 2.32 bits per heavy atom. The molecular formula is C31H32ClNO3S. The number of carbonyl (C=O) groups excluding carboxylic acids is 1. The van der Waals surface area contributed by atoms with E-state index in [2.05, 4.69) is 4.90 Å². The molecular weight excluding hydrogens is 502 g/mol. The van der Waals surface area contributed by atoms with Crippen molar-refractivity contribution >= 4 is 38.8 Å². The predicted octanol–water partition coefficient (Wildman–Crippen LogP) is 8.03. The van der Waals surface area contributed by atoms with Gasteiger partial charge in [0.15, 0.2) is 0 Å². The van der Waals surface area contributed by atoms with E-state index in [1.54, 1.807) is 12.1 Å². The molecule has 1 N–H and O–H groups in total. The molecule has 4 nitrogen and oxygen atoms in total. The number of benzene rings is 3. The molecule has 37 heavy (non-hydrogen) atoms. The van der Waals surface area contributed by atoms with Gasteiger partial charge in [-0.15, -0.1) is 11.3 Å². The van der Waals surface area contributed by atoms with E-state index in [1.165, 1.54) is 37.0 Å². The lowest BCUT2D eigenvalue weighted by atomic mass is 9.94. The van der Waals surface area contributed by atoms with E-state index in [-0.39, 0.29) is 11.5 Å². The van der Waals surface area contributed by atoms with E-state index in [1.807, 2.05) is 56.3 Å². The smallest absolute Gasteiger partial charge is 0.204 e. The Balaban J connectivity index is 1.44. The third kappa shape index (κ3) is 5.69. The highest BCUT2D eigenvalue weighted by molar-refractivity contribution is 7.21. The minimum atomic E-state index is -0.0277. The molecule has 6 heteroatoms. The van der Waals surface area contributed by atoms with Gasteiger partial charge in [0.05, 0.1) is 4.88 Å². The number of halogens is 1. The monoisotopic (exact) mass is 533 g/mol. The molecule has 4 aromatic rings. The summed E-state index contributed by atoms with van der Waals surface area (Å²) in [5.41, 5.74) is 4.22. The summed E-state index contributed by atoms with van der Waals surface area (Å²) >= 11 is 7.65. The molecule has 1 saturated heterocycles. The summed E-state index contributed by atoms with van der Waals surface area (Å²) < 4.78 is 6.94.